The highest BCUT2D eigenvalue weighted by atomic mass is 32.2. The summed E-state index contributed by atoms with van der Waals surface area (Å²) in [7, 11) is -0.680. The summed E-state index contributed by atoms with van der Waals surface area (Å²) in [4.78, 5) is 22.3. The van der Waals surface area contributed by atoms with Crippen molar-refractivity contribution in [1.82, 2.24) is 23.9 Å². The average Bonchev–Trinajstić information content (AvgIpc) is 3.17. The third kappa shape index (κ3) is 4.43. The minimum Gasteiger partial charge on any atom is -0.325 e. The van der Waals surface area contributed by atoms with Crippen LogP contribution in [-0.4, -0.2) is 57.6 Å². The standard InChI is InChI=1S/C22H24N6O3S2/c1-13-10-11-16(33(30,31)27(4)5)12-19(13)24-21(29)14(2)32-22-25-18-9-7-6-8-17(18)20-23-15(3)26-28(20)22/h6-12,14H,1-5H3,(H,24,29)/t14-/m0/s1. The van der Waals surface area contributed by atoms with Crippen molar-refractivity contribution in [2.45, 2.75) is 36.1 Å². The lowest BCUT2D eigenvalue weighted by molar-refractivity contribution is -0.115. The summed E-state index contributed by atoms with van der Waals surface area (Å²) >= 11 is 1.26. The number of hydrogen-bond donors (Lipinski definition) is 1. The van der Waals surface area contributed by atoms with Gasteiger partial charge in [0.2, 0.25) is 15.9 Å². The Hall–Kier alpha value is -3.02. The summed E-state index contributed by atoms with van der Waals surface area (Å²) in [5.74, 6) is 0.337. The molecule has 0 aliphatic heterocycles. The highest BCUT2D eigenvalue weighted by Crippen LogP contribution is 2.28. The summed E-state index contributed by atoms with van der Waals surface area (Å²) < 4.78 is 27.7. The first kappa shape index (κ1) is 23.1. The first-order chi connectivity index (χ1) is 15.6. The topological polar surface area (TPSA) is 110 Å². The van der Waals surface area contributed by atoms with Gasteiger partial charge in [-0.2, -0.15) is 4.52 Å². The summed E-state index contributed by atoms with van der Waals surface area (Å²) in [5.41, 5.74) is 2.66. The fourth-order valence-electron chi connectivity index (χ4n) is 3.26. The maximum Gasteiger partial charge on any atom is 0.242 e. The van der Waals surface area contributed by atoms with E-state index >= 15 is 0 Å². The molecule has 0 saturated heterocycles. The zero-order valence-electron chi connectivity index (χ0n) is 18.9. The minimum absolute atomic E-state index is 0.115. The molecule has 0 fully saturated rings. The first-order valence-corrected chi connectivity index (χ1v) is 12.5. The van der Waals surface area contributed by atoms with Crippen LogP contribution < -0.4 is 5.32 Å². The number of carbonyl (C=O) groups is 1. The second-order valence-corrected chi connectivity index (χ2v) is 11.3. The molecule has 1 atom stereocenters. The number of nitrogens with one attached hydrogen (secondary N) is 1. The largest absolute Gasteiger partial charge is 0.325 e. The smallest absolute Gasteiger partial charge is 0.242 e. The second kappa shape index (κ2) is 8.73. The van der Waals surface area contributed by atoms with Crippen molar-refractivity contribution < 1.29 is 13.2 Å². The number of aromatic nitrogens is 4. The van der Waals surface area contributed by atoms with Crippen LogP contribution in [0.2, 0.25) is 0 Å². The number of rotatable bonds is 6. The lowest BCUT2D eigenvalue weighted by Crippen LogP contribution is -2.25. The average molecular weight is 485 g/mol. The number of nitrogens with zero attached hydrogens (tertiary/aromatic N) is 5. The Bertz CT molecular complexity index is 1480. The SMILES string of the molecule is Cc1nc2c3ccccc3nc(S[C@@H](C)C(=O)Nc3cc(S(=O)(=O)N(C)C)ccc3C)n2n1. The van der Waals surface area contributed by atoms with E-state index in [0.717, 1.165) is 20.8 Å². The molecule has 1 N–H and O–H groups in total. The minimum atomic E-state index is -3.62. The number of fused-ring (bicyclic) bond motifs is 3. The van der Waals surface area contributed by atoms with Crippen molar-refractivity contribution >= 4 is 49.9 Å². The Labute approximate surface area is 196 Å². The molecular formula is C22H24N6O3S2. The predicted octanol–water partition coefficient (Wildman–Crippen LogP) is 3.26. The highest BCUT2D eigenvalue weighted by Gasteiger charge is 2.22. The van der Waals surface area contributed by atoms with Gasteiger partial charge in [0, 0.05) is 25.2 Å². The van der Waals surface area contributed by atoms with Crippen molar-refractivity contribution in [3.63, 3.8) is 0 Å². The molecule has 0 radical (unpaired) electrons. The van der Waals surface area contributed by atoms with E-state index in [9.17, 15) is 13.2 Å². The third-order valence-electron chi connectivity index (χ3n) is 5.15. The Balaban J connectivity index is 1.62. The van der Waals surface area contributed by atoms with Gasteiger partial charge in [0.05, 0.1) is 15.7 Å². The highest BCUT2D eigenvalue weighted by molar-refractivity contribution is 8.00. The number of para-hydroxylation sites is 1. The van der Waals surface area contributed by atoms with Crippen molar-refractivity contribution in [3.05, 3.63) is 53.9 Å². The summed E-state index contributed by atoms with van der Waals surface area (Å²) in [5, 5.41) is 8.21. The van der Waals surface area contributed by atoms with Gasteiger partial charge in [-0.15, -0.1) is 5.10 Å². The summed E-state index contributed by atoms with van der Waals surface area (Å²) in [6.45, 7) is 5.39. The monoisotopic (exact) mass is 484 g/mol. The molecule has 0 aliphatic rings. The van der Waals surface area contributed by atoms with Crippen molar-refractivity contribution in [3.8, 4) is 0 Å². The quantitative estimate of drug-likeness (QED) is 0.330. The van der Waals surface area contributed by atoms with Crippen LogP contribution in [-0.2, 0) is 14.8 Å². The van der Waals surface area contributed by atoms with Gasteiger partial charge in [0.25, 0.3) is 0 Å². The number of sulfonamides is 1. The van der Waals surface area contributed by atoms with Crippen LogP contribution in [0.5, 0.6) is 0 Å². The van der Waals surface area contributed by atoms with E-state index in [4.69, 9.17) is 0 Å². The number of aryl methyl sites for hydroxylation is 2. The molecule has 0 spiro atoms. The van der Waals surface area contributed by atoms with Gasteiger partial charge in [-0.25, -0.2) is 22.7 Å². The van der Waals surface area contributed by atoms with E-state index in [2.05, 4.69) is 20.4 Å². The third-order valence-corrected chi connectivity index (χ3v) is 8.01. The van der Waals surface area contributed by atoms with Crippen molar-refractivity contribution in [1.29, 1.82) is 0 Å². The van der Waals surface area contributed by atoms with Gasteiger partial charge < -0.3 is 5.32 Å². The maximum atomic E-state index is 13.0. The number of carbonyl (C=O) groups excluding carboxylic acids is 1. The molecule has 0 bridgehead atoms. The molecule has 2 aromatic carbocycles. The van der Waals surface area contributed by atoms with E-state index in [1.165, 1.54) is 38.0 Å². The van der Waals surface area contributed by atoms with Gasteiger partial charge in [0.15, 0.2) is 10.8 Å². The molecule has 11 heteroatoms. The number of thioether (sulfide) groups is 1. The van der Waals surface area contributed by atoms with Crippen LogP contribution in [0.15, 0.2) is 52.5 Å². The van der Waals surface area contributed by atoms with Crippen LogP contribution in [0, 0.1) is 13.8 Å². The Morgan fingerprint density at radius 3 is 2.58 bits per heavy atom. The summed E-state index contributed by atoms with van der Waals surface area (Å²) in [6, 6.07) is 12.3. The molecule has 0 aliphatic carbocycles. The summed E-state index contributed by atoms with van der Waals surface area (Å²) in [6.07, 6.45) is 0. The van der Waals surface area contributed by atoms with Crippen molar-refractivity contribution in [2.24, 2.45) is 0 Å². The van der Waals surface area contributed by atoms with Gasteiger partial charge in [-0.05, 0) is 50.6 Å². The number of amides is 1. The second-order valence-electron chi connectivity index (χ2n) is 7.82. The molecule has 0 unspecified atom stereocenters. The van der Waals surface area contributed by atoms with Crippen LogP contribution in [0.3, 0.4) is 0 Å². The predicted molar refractivity (Wildman–Crippen MR) is 129 cm³/mol. The molecule has 2 heterocycles. The molecule has 0 saturated carbocycles. The molecule has 1 amide bonds. The van der Waals surface area contributed by atoms with Crippen LogP contribution in [0.1, 0.15) is 18.3 Å². The number of benzene rings is 2. The van der Waals surface area contributed by atoms with E-state index in [0.29, 0.717) is 22.3 Å². The van der Waals surface area contributed by atoms with E-state index < -0.39 is 15.3 Å². The molecular weight excluding hydrogens is 460 g/mol. The van der Waals surface area contributed by atoms with Crippen LogP contribution >= 0.6 is 11.8 Å². The normalized spacial score (nSPS) is 13.0. The fourth-order valence-corrected chi connectivity index (χ4v) is 5.05. The molecule has 9 nitrogen and oxygen atoms in total. The van der Waals surface area contributed by atoms with E-state index in [1.54, 1.807) is 17.5 Å². The van der Waals surface area contributed by atoms with Gasteiger partial charge in [0.1, 0.15) is 5.82 Å². The van der Waals surface area contributed by atoms with Gasteiger partial charge in [-0.3, -0.25) is 4.79 Å². The molecule has 2 aromatic heterocycles. The van der Waals surface area contributed by atoms with E-state index in [1.807, 2.05) is 38.1 Å². The Morgan fingerprint density at radius 2 is 1.85 bits per heavy atom. The zero-order valence-corrected chi connectivity index (χ0v) is 20.5. The fraction of sp³-hybridized carbons (Fsp3) is 0.273. The number of hydrogen-bond acceptors (Lipinski definition) is 7. The van der Waals surface area contributed by atoms with Crippen LogP contribution in [0.25, 0.3) is 16.6 Å². The molecule has 33 heavy (non-hydrogen) atoms. The lowest BCUT2D eigenvalue weighted by Gasteiger charge is -2.16. The van der Waals surface area contributed by atoms with Gasteiger partial charge >= 0.3 is 0 Å². The molecule has 172 valence electrons. The maximum absolute atomic E-state index is 13.0. The first-order valence-electron chi connectivity index (χ1n) is 10.2. The van der Waals surface area contributed by atoms with Crippen LogP contribution in [0.4, 0.5) is 5.69 Å². The number of anilines is 1. The lowest BCUT2D eigenvalue weighted by atomic mass is 10.2. The Morgan fingerprint density at radius 1 is 1.12 bits per heavy atom. The zero-order chi connectivity index (χ0) is 23.9. The van der Waals surface area contributed by atoms with E-state index in [-0.39, 0.29) is 10.8 Å². The molecule has 4 rings (SSSR count). The van der Waals surface area contributed by atoms with Crippen molar-refractivity contribution in [2.75, 3.05) is 19.4 Å². The molecule has 4 aromatic rings. The Kier molecular flexibility index (Phi) is 6.12. The van der Waals surface area contributed by atoms with Gasteiger partial charge in [-0.1, -0.05) is 30.0 Å².